The van der Waals surface area contributed by atoms with Gasteiger partial charge in [0.2, 0.25) is 0 Å². The molecule has 1 heterocycles. The van der Waals surface area contributed by atoms with Gasteiger partial charge < -0.3 is 0 Å². The quantitative estimate of drug-likeness (QED) is 0.576. The molecular formula is C13H14N2S. The number of rotatable bonds is 2. The fourth-order valence-electron chi connectivity index (χ4n) is 1.44. The average molecular weight is 230 g/mol. The Balaban J connectivity index is 3.38. The van der Waals surface area contributed by atoms with E-state index >= 15 is 0 Å². The molecule has 1 aliphatic heterocycles. The lowest BCUT2D eigenvalue weighted by atomic mass is 9.97. The molecule has 0 fully saturated rings. The maximum Gasteiger partial charge on any atom is 0.100 e. The first-order valence-electron chi connectivity index (χ1n) is 4.98. The standard InChI is InChI=1S/C13H14N2S/c1-4-5-10(9(2)3)12(8-14)11-6-7-16-13(11)15/h4-7,15H,1-3H3/b5-4-,12-11+,15-13?. The van der Waals surface area contributed by atoms with Crippen LogP contribution in [0, 0.1) is 16.7 Å². The maximum atomic E-state index is 9.23. The third-order valence-electron chi connectivity index (χ3n) is 2.19. The Morgan fingerprint density at radius 3 is 2.56 bits per heavy atom. The third-order valence-corrected chi connectivity index (χ3v) is 2.92. The number of thioether (sulfide) groups is 1. The molecule has 0 unspecified atom stereocenters. The molecule has 0 saturated heterocycles. The summed E-state index contributed by atoms with van der Waals surface area (Å²) in [5.41, 5.74) is 3.31. The van der Waals surface area contributed by atoms with E-state index in [2.05, 4.69) is 6.07 Å². The van der Waals surface area contributed by atoms with E-state index < -0.39 is 0 Å². The van der Waals surface area contributed by atoms with Crippen molar-refractivity contribution in [2.75, 3.05) is 0 Å². The molecule has 0 atom stereocenters. The normalized spacial score (nSPS) is 17.8. The zero-order chi connectivity index (χ0) is 12.1. The molecule has 1 rings (SSSR count). The molecular weight excluding hydrogens is 216 g/mol. The fourth-order valence-corrected chi connectivity index (χ4v) is 2.08. The summed E-state index contributed by atoms with van der Waals surface area (Å²) in [6.45, 7) is 5.87. The Morgan fingerprint density at radius 2 is 2.19 bits per heavy atom. The van der Waals surface area contributed by atoms with Crippen molar-refractivity contribution < 1.29 is 0 Å². The summed E-state index contributed by atoms with van der Waals surface area (Å²) < 4.78 is 0. The molecule has 0 spiro atoms. The lowest BCUT2D eigenvalue weighted by molar-refractivity contribution is 1.30. The molecule has 1 aliphatic rings. The zero-order valence-electron chi connectivity index (χ0n) is 9.66. The lowest BCUT2D eigenvalue weighted by Crippen LogP contribution is -1.97. The van der Waals surface area contributed by atoms with Crippen LogP contribution in [0.4, 0.5) is 0 Å². The summed E-state index contributed by atoms with van der Waals surface area (Å²) in [5, 5.41) is 19.3. The van der Waals surface area contributed by atoms with E-state index in [1.807, 2.05) is 44.4 Å². The molecule has 16 heavy (non-hydrogen) atoms. The number of nitriles is 1. The molecule has 0 aliphatic carbocycles. The second-order valence-corrected chi connectivity index (χ2v) is 4.48. The Hall–Kier alpha value is -1.53. The van der Waals surface area contributed by atoms with Crippen molar-refractivity contribution in [3.05, 3.63) is 45.9 Å². The fraction of sp³-hybridized carbons (Fsp3) is 0.231. The van der Waals surface area contributed by atoms with Crippen molar-refractivity contribution in [3.63, 3.8) is 0 Å². The van der Waals surface area contributed by atoms with E-state index in [4.69, 9.17) is 5.41 Å². The number of nitrogens with one attached hydrogen (secondary N) is 1. The first-order valence-corrected chi connectivity index (χ1v) is 5.86. The minimum Gasteiger partial charge on any atom is -0.293 e. The minimum atomic E-state index is 0.444. The van der Waals surface area contributed by atoms with Crippen molar-refractivity contribution >= 4 is 16.8 Å². The minimum absolute atomic E-state index is 0.444. The van der Waals surface area contributed by atoms with E-state index in [1.54, 1.807) is 0 Å². The van der Waals surface area contributed by atoms with Gasteiger partial charge in [-0.1, -0.05) is 29.5 Å². The van der Waals surface area contributed by atoms with Crippen molar-refractivity contribution in [2.45, 2.75) is 20.8 Å². The van der Waals surface area contributed by atoms with Gasteiger partial charge in [-0.3, -0.25) is 5.41 Å². The smallest absolute Gasteiger partial charge is 0.100 e. The average Bonchev–Trinajstić information content (AvgIpc) is 2.65. The molecule has 0 amide bonds. The van der Waals surface area contributed by atoms with E-state index in [1.165, 1.54) is 11.8 Å². The molecule has 1 N–H and O–H groups in total. The van der Waals surface area contributed by atoms with Crippen molar-refractivity contribution in [1.29, 1.82) is 10.7 Å². The lowest BCUT2D eigenvalue weighted by Gasteiger charge is -2.06. The number of allylic oxidation sites excluding steroid dienone is 6. The molecule has 0 aromatic carbocycles. The van der Waals surface area contributed by atoms with Crippen LogP contribution in [-0.4, -0.2) is 5.04 Å². The van der Waals surface area contributed by atoms with Gasteiger partial charge in [0, 0.05) is 5.57 Å². The second kappa shape index (κ2) is 5.53. The Bertz CT molecular complexity index is 467. The highest BCUT2D eigenvalue weighted by atomic mass is 32.2. The van der Waals surface area contributed by atoms with Gasteiger partial charge in [-0.15, -0.1) is 0 Å². The summed E-state index contributed by atoms with van der Waals surface area (Å²) in [5.74, 6) is 0. The summed E-state index contributed by atoms with van der Waals surface area (Å²) in [7, 11) is 0. The van der Waals surface area contributed by atoms with Gasteiger partial charge in [0.15, 0.2) is 0 Å². The van der Waals surface area contributed by atoms with Crippen molar-refractivity contribution in [3.8, 4) is 6.07 Å². The van der Waals surface area contributed by atoms with Crippen LogP contribution in [-0.2, 0) is 0 Å². The summed E-state index contributed by atoms with van der Waals surface area (Å²) in [6.07, 6.45) is 5.67. The van der Waals surface area contributed by atoms with Gasteiger partial charge in [0.1, 0.15) is 6.07 Å². The first-order chi connectivity index (χ1) is 7.61. The van der Waals surface area contributed by atoms with Crippen LogP contribution in [0.3, 0.4) is 0 Å². The van der Waals surface area contributed by atoms with Gasteiger partial charge in [0.05, 0.1) is 10.6 Å². The van der Waals surface area contributed by atoms with E-state index in [9.17, 15) is 5.26 Å². The summed E-state index contributed by atoms with van der Waals surface area (Å²) in [6, 6.07) is 2.21. The van der Waals surface area contributed by atoms with Crippen LogP contribution < -0.4 is 0 Å². The van der Waals surface area contributed by atoms with Crippen LogP contribution in [0.15, 0.2) is 45.9 Å². The van der Waals surface area contributed by atoms with E-state index in [0.717, 1.165) is 16.7 Å². The zero-order valence-corrected chi connectivity index (χ0v) is 10.5. The van der Waals surface area contributed by atoms with Crippen molar-refractivity contribution in [1.82, 2.24) is 0 Å². The van der Waals surface area contributed by atoms with Crippen LogP contribution in [0.25, 0.3) is 0 Å². The molecule has 82 valence electrons. The first kappa shape index (κ1) is 12.5. The van der Waals surface area contributed by atoms with Gasteiger partial charge in [0.25, 0.3) is 0 Å². The molecule has 0 aromatic heterocycles. The predicted octanol–water partition coefficient (Wildman–Crippen LogP) is 3.96. The molecule has 2 nitrogen and oxygen atoms in total. The Labute approximate surface area is 101 Å². The Kier molecular flexibility index (Phi) is 4.33. The number of hydrogen-bond acceptors (Lipinski definition) is 3. The van der Waals surface area contributed by atoms with E-state index in [0.29, 0.717) is 10.6 Å². The van der Waals surface area contributed by atoms with Crippen LogP contribution in [0.5, 0.6) is 0 Å². The van der Waals surface area contributed by atoms with Crippen LogP contribution in [0.1, 0.15) is 20.8 Å². The van der Waals surface area contributed by atoms with Gasteiger partial charge >= 0.3 is 0 Å². The highest BCUT2D eigenvalue weighted by Crippen LogP contribution is 2.29. The largest absolute Gasteiger partial charge is 0.293 e. The van der Waals surface area contributed by atoms with Gasteiger partial charge in [-0.25, -0.2) is 0 Å². The molecule has 0 aromatic rings. The molecule has 0 radical (unpaired) electrons. The van der Waals surface area contributed by atoms with Crippen LogP contribution in [0.2, 0.25) is 0 Å². The summed E-state index contributed by atoms with van der Waals surface area (Å²) >= 11 is 1.34. The predicted molar refractivity (Wildman–Crippen MR) is 70.3 cm³/mol. The SMILES string of the molecule is C/C=C\C(=C(C)C)/C(C#N)=C1\C=CSC1=N. The topological polar surface area (TPSA) is 47.6 Å². The highest BCUT2D eigenvalue weighted by Gasteiger charge is 2.16. The monoisotopic (exact) mass is 230 g/mol. The molecule has 0 bridgehead atoms. The number of hydrogen-bond donors (Lipinski definition) is 1. The third kappa shape index (κ3) is 2.53. The Morgan fingerprint density at radius 1 is 1.50 bits per heavy atom. The van der Waals surface area contributed by atoms with Crippen LogP contribution >= 0.6 is 11.8 Å². The van der Waals surface area contributed by atoms with Gasteiger partial charge in [-0.2, -0.15) is 5.26 Å². The summed E-state index contributed by atoms with van der Waals surface area (Å²) in [4.78, 5) is 0. The van der Waals surface area contributed by atoms with Gasteiger partial charge in [-0.05, 0) is 37.8 Å². The second-order valence-electron chi connectivity index (χ2n) is 3.56. The maximum absolute atomic E-state index is 9.23. The molecule has 0 saturated carbocycles. The highest BCUT2D eigenvalue weighted by molar-refractivity contribution is 8.17. The number of nitrogens with zero attached hydrogens (tertiary/aromatic N) is 1. The van der Waals surface area contributed by atoms with E-state index in [-0.39, 0.29) is 0 Å². The van der Waals surface area contributed by atoms with Crippen molar-refractivity contribution in [2.24, 2.45) is 0 Å². The molecule has 3 heteroatoms.